The molecule has 0 aliphatic heterocycles. The fourth-order valence-electron chi connectivity index (χ4n) is 2.20. The average Bonchev–Trinajstić information content (AvgIpc) is 2.42. The van der Waals surface area contributed by atoms with Crippen LogP contribution in [0.4, 0.5) is 8.78 Å². The van der Waals surface area contributed by atoms with Crippen molar-refractivity contribution in [2.24, 2.45) is 0 Å². The van der Waals surface area contributed by atoms with Gasteiger partial charge in [0.15, 0.2) is 5.82 Å². The van der Waals surface area contributed by atoms with Crippen LogP contribution in [0.15, 0.2) is 30.3 Å². The van der Waals surface area contributed by atoms with Crippen LogP contribution >= 0.6 is 0 Å². The second-order valence-corrected chi connectivity index (χ2v) is 5.44. The van der Waals surface area contributed by atoms with Gasteiger partial charge >= 0.3 is 0 Å². The fraction of sp³-hybridized carbons (Fsp3) is 0.353. The van der Waals surface area contributed by atoms with Crippen LogP contribution in [0.1, 0.15) is 32.0 Å². The lowest BCUT2D eigenvalue weighted by atomic mass is 10.00. The van der Waals surface area contributed by atoms with Crippen LogP contribution < -0.4 is 0 Å². The first-order valence-corrected chi connectivity index (χ1v) is 6.92. The molecule has 112 valence electrons. The second-order valence-electron chi connectivity index (χ2n) is 5.44. The summed E-state index contributed by atoms with van der Waals surface area (Å²) in [6.45, 7) is 7.92. The van der Waals surface area contributed by atoms with E-state index >= 15 is 0 Å². The van der Waals surface area contributed by atoms with Gasteiger partial charge in [-0.15, -0.1) is 0 Å². The highest BCUT2D eigenvalue weighted by molar-refractivity contribution is 5.61. The molecule has 2 nitrogen and oxygen atoms in total. The Balaban J connectivity index is 2.56. The maximum Gasteiger partial charge on any atom is 0.152 e. The maximum absolute atomic E-state index is 14.3. The van der Waals surface area contributed by atoms with Gasteiger partial charge in [-0.1, -0.05) is 0 Å². The number of ether oxygens (including phenoxy) is 1. The normalized spacial score (nSPS) is 11.7. The lowest BCUT2D eigenvalue weighted by Crippen LogP contribution is -2.24. The molecular formula is C17H19F2NO. The fourth-order valence-corrected chi connectivity index (χ4v) is 2.20. The molecule has 4 heteroatoms. The number of benzene rings is 1. The molecule has 0 saturated heterocycles. The summed E-state index contributed by atoms with van der Waals surface area (Å²) in [6, 6.07) is 7.34. The molecule has 21 heavy (non-hydrogen) atoms. The molecule has 0 aliphatic carbocycles. The van der Waals surface area contributed by atoms with E-state index in [9.17, 15) is 8.78 Å². The van der Waals surface area contributed by atoms with Crippen molar-refractivity contribution >= 4 is 0 Å². The molecule has 0 saturated carbocycles. The van der Waals surface area contributed by atoms with E-state index in [0.717, 1.165) is 0 Å². The summed E-state index contributed by atoms with van der Waals surface area (Å²) >= 11 is 0. The molecule has 0 radical (unpaired) electrons. The van der Waals surface area contributed by atoms with Gasteiger partial charge in [-0.3, -0.25) is 0 Å². The number of halogens is 2. The minimum atomic E-state index is -0.609. The molecule has 0 bridgehead atoms. The Morgan fingerprint density at radius 1 is 1.14 bits per heavy atom. The third-order valence-corrected chi connectivity index (χ3v) is 3.38. The van der Waals surface area contributed by atoms with E-state index in [1.165, 1.54) is 24.3 Å². The summed E-state index contributed by atoms with van der Waals surface area (Å²) in [5, 5.41) is 0. The third kappa shape index (κ3) is 3.27. The monoisotopic (exact) mass is 291 g/mol. The lowest BCUT2D eigenvalue weighted by Gasteiger charge is -2.25. The minimum absolute atomic E-state index is 0.220. The number of aryl methyl sites for hydroxylation is 1. The summed E-state index contributed by atoms with van der Waals surface area (Å²) < 4.78 is 33.0. The van der Waals surface area contributed by atoms with Crippen molar-refractivity contribution in [3.63, 3.8) is 0 Å². The van der Waals surface area contributed by atoms with Gasteiger partial charge in [-0.25, -0.2) is 13.8 Å². The molecule has 0 atom stereocenters. The van der Waals surface area contributed by atoms with Crippen molar-refractivity contribution in [2.45, 2.75) is 33.3 Å². The first-order valence-electron chi connectivity index (χ1n) is 6.92. The molecular weight excluding hydrogens is 272 g/mol. The summed E-state index contributed by atoms with van der Waals surface area (Å²) in [5.74, 6) is -0.751. The molecule has 0 spiro atoms. The quantitative estimate of drug-likeness (QED) is 0.821. The number of hydrogen-bond donors (Lipinski definition) is 0. The van der Waals surface area contributed by atoms with Crippen molar-refractivity contribution in [2.75, 3.05) is 6.61 Å². The largest absolute Gasteiger partial charge is 0.370 e. The first kappa shape index (κ1) is 15.6. The number of pyridine rings is 1. The Labute approximate surface area is 123 Å². The molecule has 0 amide bonds. The van der Waals surface area contributed by atoms with Gasteiger partial charge in [0.25, 0.3) is 0 Å². The number of hydrogen-bond acceptors (Lipinski definition) is 2. The van der Waals surface area contributed by atoms with Crippen molar-refractivity contribution in [3.8, 4) is 11.3 Å². The molecule has 0 unspecified atom stereocenters. The van der Waals surface area contributed by atoms with Crippen LogP contribution in [0.3, 0.4) is 0 Å². The second kappa shape index (κ2) is 5.90. The zero-order valence-corrected chi connectivity index (χ0v) is 12.7. The molecule has 2 rings (SSSR count). The van der Waals surface area contributed by atoms with Crippen molar-refractivity contribution in [1.29, 1.82) is 0 Å². The summed E-state index contributed by atoms with van der Waals surface area (Å²) in [4.78, 5) is 4.40. The zero-order valence-electron chi connectivity index (χ0n) is 12.7. The molecule has 1 aromatic heterocycles. The van der Waals surface area contributed by atoms with E-state index in [1.54, 1.807) is 13.0 Å². The van der Waals surface area contributed by atoms with Crippen molar-refractivity contribution in [3.05, 3.63) is 53.2 Å². The zero-order chi connectivity index (χ0) is 15.6. The standard InChI is InChI=1S/C17H19F2NO/c1-5-21-17(3,4)14-10-11(2)15(19)16(20-14)12-6-8-13(18)9-7-12/h6-10H,5H2,1-4H3. The summed E-state index contributed by atoms with van der Waals surface area (Å²) in [5.41, 5.74) is 1.31. The van der Waals surface area contributed by atoms with Crippen LogP contribution in [0, 0.1) is 18.6 Å². The summed E-state index contributed by atoms with van der Waals surface area (Å²) in [6.07, 6.45) is 0. The Hall–Kier alpha value is -1.81. The van der Waals surface area contributed by atoms with E-state index in [0.29, 0.717) is 23.4 Å². The van der Waals surface area contributed by atoms with Crippen molar-refractivity contribution < 1.29 is 13.5 Å². The first-order chi connectivity index (χ1) is 9.85. The van der Waals surface area contributed by atoms with E-state index < -0.39 is 11.4 Å². The van der Waals surface area contributed by atoms with Crippen LogP contribution in [0.2, 0.25) is 0 Å². The van der Waals surface area contributed by atoms with Gasteiger partial charge in [0, 0.05) is 12.2 Å². The lowest BCUT2D eigenvalue weighted by molar-refractivity contribution is -0.0173. The van der Waals surface area contributed by atoms with E-state index in [4.69, 9.17) is 4.74 Å². The predicted molar refractivity (Wildman–Crippen MR) is 79.0 cm³/mol. The van der Waals surface area contributed by atoms with Gasteiger partial charge in [0.2, 0.25) is 0 Å². The molecule has 2 aromatic rings. The highest BCUT2D eigenvalue weighted by Gasteiger charge is 2.25. The Kier molecular flexibility index (Phi) is 4.37. The SMILES string of the molecule is CCOC(C)(C)c1cc(C)c(F)c(-c2ccc(F)cc2)n1. The average molecular weight is 291 g/mol. The van der Waals surface area contributed by atoms with Gasteiger partial charge in [-0.05, 0) is 63.6 Å². The van der Waals surface area contributed by atoms with Crippen LogP contribution in [0.5, 0.6) is 0 Å². The summed E-state index contributed by atoms with van der Waals surface area (Å²) in [7, 11) is 0. The molecule has 0 fully saturated rings. The smallest absolute Gasteiger partial charge is 0.152 e. The van der Waals surface area contributed by atoms with Gasteiger partial charge in [0.1, 0.15) is 17.1 Å². The Morgan fingerprint density at radius 3 is 2.33 bits per heavy atom. The number of aromatic nitrogens is 1. The van der Waals surface area contributed by atoms with E-state index in [-0.39, 0.29) is 11.5 Å². The van der Waals surface area contributed by atoms with Gasteiger partial charge in [0.05, 0.1) is 5.69 Å². The van der Waals surface area contributed by atoms with Crippen LogP contribution in [0.25, 0.3) is 11.3 Å². The molecule has 0 aliphatic rings. The number of rotatable bonds is 4. The van der Waals surface area contributed by atoms with Crippen LogP contribution in [-0.2, 0) is 10.3 Å². The van der Waals surface area contributed by atoms with Crippen LogP contribution in [-0.4, -0.2) is 11.6 Å². The molecule has 0 N–H and O–H groups in total. The highest BCUT2D eigenvalue weighted by Crippen LogP contribution is 2.29. The Morgan fingerprint density at radius 2 is 1.76 bits per heavy atom. The van der Waals surface area contributed by atoms with Crippen molar-refractivity contribution in [1.82, 2.24) is 4.98 Å². The Bertz CT molecular complexity index is 636. The minimum Gasteiger partial charge on any atom is -0.370 e. The predicted octanol–water partition coefficient (Wildman–Crippen LogP) is 4.61. The van der Waals surface area contributed by atoms with Gasteiger partial charge < -0.3 is 4.74 Å². The van der Waals surface area contributed by atoms with E-state index in [1.807, 2.05) is 20.8 Å². The van der Waals surface area contributed by atoms with E-state index in [2.05, 4.69) is 4.98 Å². The highest BCUT2D eigenvalue weighted by atomic mass is 19.1. The maximum atomic E-state index is 14.3. The molecule has 1 aromatic carbocycles. The number of nitrogens with zero attached hydrogens (tertiary/aromatic N) is 1. The third-order valence-electron chi connectivity index (χ3n) is 3.38. The molecule has 1 heterocycles. The topological polar surface area (TPSA) is 22.1 Å². The van der Waals surface area contributed by atoms with Gasteiger partial charge in [-0.2, -0.15) is 0 Å².